The number of sulfone groups is 1. The second-order valence-electron chi connectivity index (χ2n) is 5.86. The first-order chi connectivity index (χ1) is 10.6. The molecule has 2 aliphatic rings. The summed E-state index contributed by atoms with van der Waals surface area (Å²) in [6.45, 7) is 2.80. The zero-order valence-electron chi connectivity index (χ0n) is 12.6. The van der Waals surface area contributed by atoms with Crippen LogP contribution in [0.3, 0.4) is 0 Å². The van der Waals surface area contributed by atoms with Gasteiger partial charge in [0.05, 0.1) is 22.7 Å². The Morgan fingerprint density at radius 2 is 2.00 bits per heavy atom. The van der Waals surface area contributed by atoms with Crippen LogP contribution in [-0.4, -0.2) is 32.8 Å². The molecule has 2 atom stereocenters. The third-order valence-electron chi connectivity index (χ3n) is 4.34. The Balaban J connectivity index is 1.96. The lowest BCUT2D eigenvalue weighted by Gasteiger charge is -2.21. The van der Waals surface area contributed by atoms with Crippen LogP contribution in [0.2, 0.25) is 0 Å². The summed E-state index contributed by atoms with van der Waals surface area (Å²) in [7, 11) is -3.29. The molecule has 6 heteroatoms. The van der Waals surface area contributed by atoms with Gasteiger partial charge in [-0.1, -0.05) is 18.2 Å². The van der Waals surface area contributed by atoms with Gasteiger partial charge in [0.1, 0.15) is 0 Å². The molecule has 120 valence electrons. The standard InChI is InChI=1S/C16H21NO4S/c1-2-21-16(18)13-9-10-17-15(13)12-5-3-4-6-14(12)22(19,20)11-7-8-11/h3-6,11,13,15,17H,2,7-10H2,1H3/t13-,15-/m0/s1. The van der Waals surface area contributed by atoms with E-state index in [1.165, 1.54) is 0 Å². The van der Waals surface area contributed by atoms with Crippen LogP contribution in [-0.2, 0) is 19.4 Å². The van der Waals surface area contributed by atoms with E-state index >= 15 is 0 Å². The number of carbonyl (C=O) groups is 1. The molecule has 0 amide bonds. The summed E-state index contributed by atoms with van der Waals surface area (Å²) in [6.07, 6.45) is 2.13. The van der Waals surface area contributed by atoms with Crippen LogP contribution in [0, 0.1) is 5.92 Å². The minimum atomic E-state index is -3.29. The third kappa shape index (κ3) is 2.77. The highest BCUT2D eigenvalue weighted by molar-refractivity contribution is 7.92. The van der Waals surface area contributed by atoms with E-state index in [2.05, 4.69) is 5.32 Å². The fourth-order valence-electron chi connectivity index (χ4n) is 3.09. The van der Waals surface area contributed by atoms with Gasteiger partial charge in [0.2, 0.25) is 0 Å². The largest absolute Gasteiger partial charge is 0.466 e. The molecule has 2 fully saturated rings. The van der Waals surface area contributed by atoms with E-state index in [0.717, 1.165) is 12.8 Å². The van der Waals surface area contributed by atoms with Crippen molar-refractivity contribution in [1.29, 1.82) is 0 Å². The van der Waals surface area contributed by atoms with E-state index in [-0.39, 0.29) is 23.2 Å². The summed E-state index contributed by atoms with van der Waals surface area (Å²) in [6, 6.07) is 6.75. The fourth-order valence-corrected chi connectivity index (χ4v) is 5.00. The van der Waals surface area contributed by atoms with E-state index < -0.39 is 9.84 Å². The van der Waals surface area contributed by atoms with Gasteiger partial charge in [-0.15, -0.1) is 0 Å². The van der Waals surface area contributed by atoms with Crippen LogP contribution in [0.25, 0.3) is 0 Å². The van der Waals surface area contributed by atoms with Crippen LogP contribution in [0.4, 0.5) is 0 Å². The normalized spacial score (nSPS) is 25.1. The Labute approximate surface area is 131 Å². The Morgan fingerprint density at radius 1 is 1.27 bits per heavy atom. The van der Waals surface area contributed by atoms with Crippen molar-refractivity contribution >= 4 is 15.8 Å². The van der Waals surface area contributed by atoms with Crippen molar-refractivity contribution in [2.24, 2.45) is 5.92 Å². The van der Waals surface area contributed by atoms with E-state index in [4.69, 9.17) is 4.74 Å². The van der Waals surface area contributed by atoms with Crippen molar-refractivity contribution in [2.75, 3.05) is 13.2 Å². The molecule has 22 heavy (non-hydrogen) atoms. The quantitative estimate of drug-likeness (QED) is 0.837. The molecule has 1 aliphatic heterocycles. The zero-order chi connectivity index (χ0) is 15.7. The number of nitrogens with one attached hydrogen (secondary N) is 1. The number of benzene rings is 1. The van der Waals surface area contributed by atoms with Crippen LogP contribution in [0.5, 0.6) is 0 Å². The highest BCUT2D eigenvalue weighted by Crippen LogP contribution is 2.39. The molecule has 5 nitrogen and oxygen atoms in total. The van der Waals surface area contributed by atoms with Gasteiger partial charge in [0.25, 0.3) is 0 Å². The lowest BCUT2D eigenvalue weighted by Crippen LogP contribution is -2.27. The summed E-state index contributed by atoms with van der Waals surface area (Å²) in [5, 5.41) is 3.02. The Kier molecular flexibility index (Phi) is 4.23. The molecule has 1 saturated heterocycles. The fraction of sp³-hybridized carbons (Fsp3) is 0.562. The minimum Gasteiger partial charge on any atom is -0.466 e. The van der Waals surface area contributed by atoms with E-state index in [9.17, 15) is 13.2 Å². The van der Waals surface area contributed by atoms with Gasteiger partial charge in [-0.05, 0) is 44.4 Å². The molecule has 0 unspecified atom stereocenters. The highest BCUT2D eigenvalue weighted by Gasteiger charge is 2.42. The average molecular weight is 323 g/mol. The summed E-state index contributed by atoms with van der Waals surface area (Å²) >= 11 is 0. The maximum absolute atomic E-state index is 12.6. The molecule has 0 bridgehead atoms. The maximum atomic E-state index is 12.6. The second-order valence-corrected chi connectivity index (χ2v) is 8.06. The number of hydrogen-bond donors (Lipinski definition) is 1. The van der Waals surface area contributed by atoms with Crippen molar-refractivity contribution in [2.45, 2.75) is 42.4 Å². The first-order valence-corrected chi connectivity index (χ1v) is 9.33. The van der Waals surface area contributed by atoms with Crippen molar-refractivity contribution in [3.8, 4) is 0 Å². The topological polar surface area (TPSA) is 72.5 Å². The summed E-state index contributed by atoms with van der Waals surface area (Å²) in [5.74, 6) is -0.577. The summed E-state index contributed by atoms with van der Waals surface area (Å²) in [4.78, 5) is 12.5. The maximum Gasteiger partial charge on any atom is 0.310 e. The SMILES string of the molecule is CCOC(=O)[C@H]1CCN[C@H]1c1ccccc1S(=O)(=O)C1CC1. The average Bonchev–Trinajstić information content (AvgIpc) is 3.26. The smallest absolute Gasteiger partial charge is 0.310 e. The van der Waals surface area contributed by atoms with E-state index in [1.54, 1.807) is 19.1 Å². The number of ether oxygens (including phenoxy) is 1. The van der Waals surface area contributed by atoms with Crippen LogP contribution in [0.15, 0.2) is 29.2 Å². The molecule has 1 heterocycles. The summed E-state index contributed by atoms with van der Waals surface area (Å²) in [5.41, 5.74) is 0.699. The second kappa shape index (κ2) is 6.01. The number of carbonyl (C=O) groups excluding carboxylic acids is 1. The van der Waals surface area contributed by atoms with Crippen molar-refractivity contribution in [3.63, 3.8) is 0 Å². The van der Waals surface area contributed by atoms with Crippen molar-refractivity contribution < 1.29 is 17.9 Å². The van der Waals surface area contributed by atoms with Gasteiger partial charge in [-0.3, -0.25) is 4.79 Å². The molecule has 1 aromatic rings. The van der Waals surface area contributed by atoms with Gasteiger partial charge in [0, 0.05) is 6.04 Å². The van der Waals surface area contributed by atoms with Gasteiger partial charge in [-0.2, -0.15) is 0 Å². The molecule has 0 aromatic heterocycles. The van der Waals surface area contributed by atoms with Crippen LogP contribution in [0.1, 0.15) is 37.8 Å². The molecule has 3 rings (SSSR count). The predicted molar refractivity (Wildman–Crippen MR) is 82.1 cm³/mol. The minimum absolute atomic E-state index is 0.254. The number of rotatable bonds is 5. The molecule has 0 spiro atoms. The summed E-state index contributed by atoms with van der Waals surface area (Å²) < 4.78 is 30.4. The molecule has 1 aliphatic carbocycles. The van der Waals surface area contributed by atoms with Gasteiger partial charge >= 0.3 is 5.97 Å². The Bertz CT molecular complexity index is 666. The number of esters is 1. The van der Waals surface area contributed by atoms with E-state index in [1.807, 2.05) is 12.1 Å². The highest BCUT2D eigenvalue weighted by atomic mass is 32.2. The molecule has 1 aromatic carbocycles. The zero-order valence-corrected chi connectivity index (χ0v) is 13.4. The monoisotopic (exact) mass is 323 g/mol. The van der Waals surface area contributed by atoms with E-state index in [0.29, 0.717) is 30.0 Å². The predicted octanol–water partition coefficient (Wildman–Crippen LogP) is 1.84. The lowest BCUT2D eigenvalue weighted by atomic mass is 9.94. The first-order valence-electron chi connectivity index (χ1n) is 7.78. The van der Waals surface area contributed by atoms with Crippen molar-refractivity contribution in [3.05, 3.63) is 29.8 Å². The van der Waals surface area contributed by atoms with Gasteiger partial charge < -0.3 is 10.1 Å². The number of hydrogen-bond acceptors (Lipinski definition) is 5. The van der Waals surface area contributed by atoms with Gasteiger partial charge in [0.15, 0.2) is 9.84 Å². The molecule has 1 saturated carbocycles. The molecular formula is C16H21NO4S. The molecule has 1 N–H and O–H groups in total. The molecule has 0 radical (unpaired) electrons. The lowest BCUT2D eigenvalue weighted by molar-refractivity contribution is -0.148. The third-order valence-corrected chi connectivity index (χ3v) is 6.67. The first kappa shape index (κ1) is 15.5. The van der Waals surface area contributed by atoms with Gasteiger partial charge in [-0.25, -0.2) is 8.42 Å². The Morgan fingerprint density at radius 3 is 2.68 bits per heavy atom. The van der Waals surface area contributed by atoms with Crippen LogP contribution >= 0.6 is 0 Å². The Hall–Kier alpha value is -1.40. The molecular weight excluding hydrogens is 302 g/mol. The van der Waals surface area contributed by atoms with Crippen LogP contribution < -0.4 is 5.32 Å². The van der Waals surface area contributed by atoms with Crippen molar-refractivity contribution in [1.82, 2.24) is 5.32 Å².